The van der Waals surface area contributed by atoms with Crippen LogP contribution >= 0.6 is 0 Å². The third kappa shape index (κ3) is 3.81. The Labute approximate surface area is 175 Å². The molecule has 1 aromatic heterocycles. The molecule has 0 radical (unpaired) electrons. The van der Waals surface area contributed by atoms with E-state index in [-0.39, 0.29) is 29.9 Å². The summed E-state index contributed by atoms with van der Waals surface area (Å²) < 4.78 is 5.74. The Hall–Kier alpha value is -3.16. The minimum Gasteiger partial charge on any atom is -0.441 e. The van der Waals surface area contributed by atoms with Gasteiger partial charge in [-0.05, 0) is 51.2 Å². The number of nitro groups is 1. The van der Waals surface area contributed by atoms with Crippen LogP contribution in [0.5, 0.6) is 0 Å². The van der Waals surface area contributed by atoms with E-state index in [4.69, 9.17) is 4.74 Å². The maximum atomic E-state index is 12.8. The molecule has 30 heavy (non-hydrogen) atoms. The largest absolute Gasteiger partial charge is 0.441 e. The van der Waals surface area contributed by atoms with Crippen LogP contribution in [-0.4, -0.2) is 38.6 Å². The molecular weight excluding hydrogens is 384 g/mol. The highest BCUT2D eigenvalue weighted by Gasteiger charge is 2.51. The second-order valence-electron chi connectivity index (χ2n) is 8.49. The Morgan fingerprint density at radius 3 is 2.53 bits per heavy atom. The second kappa shape index (κ2) is 7.93. The summed E-state index contributed by atoms with van der Waals surface area (Å²) in [5.74, 6) is 0. The van der Waals surface area contributed by atoms with Crippen molar-refractivity contribution < 1.29 is 14.5 Å². The molecule has 1 N–H and O–H groups in total. The third-order valence-corrected chi connectivity index (χ3v) is 6.06. The summed E-state index contributed by atoms with van der Waals surface area (Å²) in [5.41, 5.74) is 0.933. The molecule has 8 heteroatoms. The summed E-state index contributed by atoms with van der Waals surface area (Å²) in [5, 5.41) is 14.5. The van der Waals surface area contributed by atoms with E-state index in [9.17, 15) is 14.9 Å². The number of pyridine rings is 1. The summed E-state index contributed by atoms with van der Waals surface area (Å²) in [6.45, 7) is 3.91. The molecule has 1 unspecified atom stereocenters. The van der Waals surface area contributed by atoms with Crippen molar-refractivity contribution in [3.63, 3.8) is 0 Å². The standard InChI is InChI=1S/C22H26N4O4/c1-22(2)20(15-6-4-3-5-7-15)25(21(27)30-22)17-10-8-16(9-11-17)24-18-12-13-23-14-19(18)26(28)29/h3-7,12-14,16-17,20H,8-11H2,1-2H3,(H,23,24)/t16-,17-,20?. The Balaban J connectivity index is 1.47. The molecule has 1 saturated carbocycles. The van der Waals surface area contributed by atoms with Crippen LogP contribution in [0.4, 0.5) is 16.2 Å². The van der Waals surface area contributed by atoms with E-state index in [1.807, 2.05) is 49.1 Å². The van der Waals surface area contributed by atoms with Gasteiger partial charge in [-0.3, -0.25) is 20.0 Å². The minimum atomic E-state index is -0.606. The van der Waals surface area contributed by atoms with Crippen LogP contribution in [0, 0.1) is 10.1 Å². The summed E-state index contributed by atoms with van der Waals surface area (Å²) in [6.07, 6.45) is 5.80. The molecule has 1 saturated heterocycles. The average molecular weight is 410 g/mol. The normalized spacial score (nSPS) is 25.6. The van der Waals surface area contributed by atoms with Gasteiger partial charge in [-0.1, -0.05) is 30.3 Å². The van der Waals surface area contributed by atoms with E-state index in [0.29, 0.717) is 5.69 Å². The lowest BCUT2D eigenvalue weighted by Gasteiger charge is -2.38. The summed E-state index contributed by atoms with van der Waals surface area (Å²) in [7, 11) is 0. The number of ether oxygens (including phenoxy) is 1. The number of amides is 1. The first-order valence-corrected chi connectivity index (χ1v) is 10.3. The lowest BCUT2D eigenvalue weighted by molar-refractivity contribution is -0.384. The van der Waals surface area contributed by atoms with E-state index in [1.54, 1.807) is 12.3 Å². The molecule has 0 bridgehead atoms. The van der Waals surface area contributed by atoms with Gasteiger partial charge in [0.05, 0.1) is 11.0 Å². The van der Waals surface area contributed by atoms with E-state index in [0.717, 1.165) is 31.2 Å². The van der Waals surface area contributed by atoms with Crippen LogP contribution in [0.2, 0.25) is 0 Å². The maximum Gasteiger partial charge on any atom is 0.411 e. The van der Waals surface area contributed by atoms with Gasteiger partial charge in [0.2, 0.25) is 0 Å². The van der Waals surface area contributed by atoms with Crippen LogP contribution in [0.1, 0.15) is 51.1 Å². The second-order valence-corrected chi connectivity index (χ2v) is 8.49. The van der Waals surface area contributed by atoms with Crippen molar-refractivity contribution in [3.8, 4) is 0 Å². The van der Waals surface area contributed by atoms with Crippen molar-refractivity contribution in [2.24, 2.45) is 0 Å². The number of rotatable bonds is 5. The van der Waals surface area contributed by atoms with E-state index in [2.05, 4.69) is 10.3 Å². The first-order valence-electron chi connectivity index (χ1n) is 10.3. The Bertz CT molecular complexity index is 926. The highest BCUT2D eigenvalue weighted by Crippen LogP contribution is 2.44. The smallest absolute Gasteiger partial charge is 0.411 e. The number of anilines is 1. The van der Waals surface area contributed by atoms with Gasteiger partial charge in [0.15, 0.2) is 0 Å². The molecule has 0 spiro atoms. The number of carbonyl (C=O) groups excluding carboxylic acids is 1. The molecule has 1 aliphatic heterocycles. The summed E-state index contributed by atoms with van der Waals surface area (Å²) in [6, 6.07) is 11.7. The van der Waals surface area contributed by atoms with Gasteiger partial charge >= 0.3 is 11.8 Å². The quantitative estimate of drug-likeness (QED) is 0.567. The van der Waals surface area contributed by atoms with Gasteiger partial charge in [-0.2, -0.15) is 0 Å². The number of aromatic nitrogens is 1. The lowest BCUT2D eigenvalue weighted by Crippen LogP contribution is -2.44. The molecule has 2 aromatic rings. The summed E-state index contributed by atoms with van der Waals surface area (Å²) in [4.78, 5) is 29.3. The number of hydrogen-bond acceptors (Lipinski definition) is 6. The zero-order chi connectivity index (χ0) is 21.3. The third-order valence-electron chi connectivity index (χ3n) is 6.06. The van der Waals surface area contributed by atoms with Crippen molar-refractivity contribution >= 4 is 17.5 Å². The molecule has 2 aliphatic rings. The Kier molecular flexibility index (Phi) is 5.32. The molecule has 1 aromatic carbocycles. The van der Waals surface area contributed by atoms with Crippen LogP contribution in [0.15, 0.2) is 48.8 Å². The number of nitrogens with one attached hydrogen (secondary N) is 1. The van der Waals surface area contributed by atoms with Gasteiger partial charge in [0.25, 0.3) is 0 Å². The van der Waals surface area contributed by atoms with Crippen LogP contribution in [-0.2, 0) is 4.74 Å². The molecule has 1 amide bonds. The number of hydrogen-bond donors (Lipinski definition) is 1. The van der Waals surface area contributed by atoms with Crippen LogP contribution in [0.3, 0.4) is 0 Å². The zero-order valence-corrected chi connectivity index (χ0v) is 17.2. The topological polar surface area (TPSA) is 97.6 Å². The van der Waals surface area contributed by atoms with Crippen molar-refractivity contribution in [1.82, 2.24) is 9.88 Å². The van der Waals surface area contributed by atoms with E-state index in [1.165, 1.54) is 6.20 Å². The first-order chi connectivity index (χ1) is 14.4. The number of carbonyl (C=O) groups is 1. The molecule has 1 aliphatic carbocycles. The summed E-state index contributed by atoms with van der Waals surface area (Å²) >= 11 is 0. The number of nitrogens with zero attached hydrogens (tertiary/aromatic N) is 3. The van der Waals surface area contributed by atoms with E-state index < -0.39 is 10.5 Å². The monoisotopic (exact) mass is 410 g/mol. The maximum absolute atomic E-state index is 12.8. The Morgan fingerprint density at radius 2 is 1.87 bits per heavy atom. The first kappa shape index (κ1) is 20.1. The number of cyclic esters (lactones) is 1. The fourth-order valence-corrected chi connectivity index (χ4v) is 4.70. The van der Waals surface area contributed by atoms with Crippen LogP contribution in [0.25, 0.3) is 0 Å². The zero-order valence-electron chi connectivity index (χ0n) is 17.2. The molecule has 158 valence electrons. The average Bonchev–Trinajstić information content (AvgIpc) is 2.97. The molecule has 2 fully saturated rings. The minimum absolute atomic E-state index is 0.0198. The van der Waals surface area contributed by atoms with E-state index >= 15 is 0 Å². The van der Waals surface area contributed by atoms with Crippen molar-refractivity contribution in [3.05, 3.63) is 64.5 Å². The van der Waals surface area contributed by atoms with Gasteiger partial charge in [-0.15, -0.1) is 0 Å². The predicted octanol–water partition coefficient (Wildman–Crippen LogP) is 4.69. The van der Waals surface area contributed by atoms with Crippen LogP contribution < -0.4 is 5.32 Å². The van der Waals surface area contributed by atoms with Gasteiger partial charge in [-0.25, -0.2) is 4.79 Å². The van der Waals surface area contributed by atoms with Crippen molar-refractivity contribution in [2.75, 3.05) is 5.32 Å². The van der Waals surface area contributed by atoms with Gasteiger partial charge < -0.3 is 10.1 Å². The molecule has 4 rings (SSSR count). The predicted molar refractivity (Wildman–Crippen MR) is 112 cm³/mol. The SMILES string of the molecule is CC1(C)OC(=O)N([C@H]2CC[C@H](Nc3ccncc3[N+](=O)[O-])CC2)C1c1ccccc1. The molecule has 8 nitrogen and oxygen atoms in total. The van der Waals surface area contributed by atoms with Crippen molar-refractivity contribution in [1.29, 1.82) is 0 Å². The fraction of sp³-hybridized carbons (Fsp3) is 0.455. The lowest BCUT2D eigenvalue weighted by atomic mass is 9.86. The van der Waals surface area contributed by atoms with Gasteiger partial charge in [0, 0.05) is 18.3 Å². The molecular formula is C22H26N4O4. The fourth-order valence-electron chi connectivity index (χ4n) is 4.70. The van der Waals surface area contributed by atoms with Crippen molar-refractivity contribution in [2.45, 2.75) is 63.3 Å². The molecule has 1 atom stereocenters. The highest BCUT2D eigenvalue weighted by molar-refractivity contribution is 5.72. The number of benzene rings is 1. The molecule has 2 heterocycles. The highest BCUT2D eigenvalue weighted by atomic mass is 16.6. The Morgan fingerprint density at radius 1 is 1.17 bits per heavy atom. The van der Waals surface area contributed by atoms with Gasteiger partial charge in [0.1, 0.15) is 17.5 Å².